The van der Waals surface area contributed by atoms with Crippen LogP contribution < -0.4 is 10.6 Å². The number of rotatable bonds is 10. The Morgan fingerprint density at radius 2 is 1.88 bits per heavy atom. The summed E-state index contributed by atoms with van der Waals surface area (Å²) < 4.78 is 0. The Hall–Kier alpha value is -0.610. The van der Waals surface area contributed by atoms with Crippen molar-refractivity contribution < 1.29 is 4.79 Å². The van der Waals surface area contributed by atoms with Crippen molar-refractivity contribution in [1.29, 1.82) is 0 Å². The van der Waals surface area contributed by atoms with E-state index in [-0.39, 0.29) is 11.9 Å². The fourth-order valence-corrected chi connectivity index (χ4v) is 1.84. The zero-order chi connectivity index (χ0) is 13.1. The highest BCUT2D eigenvalue weighted by molar-refractivity contribution is 5.76. The first-order valence-electron chi connectivity index (χ1n) is 6.86. The number of amides is 1. The minimum atomic E-state index is 0.151. The summed E-state index contributed by atoms with van der Waals surface area (Å²) in [5, 5.41) is 6.20. The van der Waals surface area contributed by atoms with E-state index in [0.717, 1.165) is 39.1 Å². The predicted octanol–water partition coefficient (Wildman–Crippen LogP) is 1.22. The minimum absolute atomic E-state index is 0.151. The molecular weight excluding hydrogens is 214 g/mol. The van der Waals surface area contributed by atoms with Gasteiger partial charge in [-0.1, -0.05) is 20.8 Å². The van der Waals surface area contributed by atoms with Crippen molar-refractivity contribution in [3.63, 3.8) is 0 Å². The highest BCUT2D eigenvalue weighted by Gasteiger charge is 2.07. The lowest BCUT2D eigenvalue weighted by atomic mass is 10.2. The fraction of sp³-hybridized carbons (Fsp3) is 0.923. The van der Waals surface area contributed by atoms with Gasteiger partial charge in [0.1, 0.15) is 0 Å². The van der Waals surface area contributed by atoms with Gasteiger partial charge in [0.05, 0.1) is 0 Å². The summed E-state index contributed by atoms with van der Waals surface area (Å²) in [5.41, 5.74) is 0. The third-order valence-corrected chi connectivity index (χ3v) is 2.91. The van der Waals surface area contributed by atoms with E-state index < -0.39 is 0 Å². The van der Waals surface area contributed by atoms with Gasteiger partial charge in [-0.3, -0.25) is 4.79 Å². The fourth-order valence-electron chi connectivity index (χ4n) is 1.84. The van der Waals surface area contributed by atoms with E-state index in [1.165, 1.54) is 0 Å². The molecule has 4 nitrogen and oxygen atoms in total. The largest absolute Gasteiger partial charge is 0.356 e. The van der Waals surface area contributed by atoms with Crippen LogP contribution in [0.4, 0.5) is 0 Å². The summed E-state index contributed by atoms with van der Waals surface area (Å²) in [7, 11) is 0. The van der Waals surface area contributed by atoms with Crippen molar-refractivity contribution in [3.8, 4) is 0 Å². The number of carbonyl (C=O) groups excluding carboxylic acids is 1. The third-order valence-electron chi connectivity index (χ3n) is 2.91. The van der Waals surface area contributed by atoms with Crippen LogP contribution in [0.1, 0.15) is 40.5 Å². The van der Waals surface area contributed by atoms with Crippen molar-refractivity contribution in [3.05, 3.63) is 0 Å². The first-order chi connectivity index (χ1) is 8.13. The third kappa shape index (κ3) is 9.12. The molecule has 0 saturated carbocycles. The maximum absolute atomic E-state index is 11.5. The molecule has 0 aromatic heterocycles. The predicted molar refractivity (Wildman–Crippen MR) is 73.2 cm³/mol. The van der Waals surface area contributed by atoms with Gasteiger partial charge >= 0.3 is 0 Å². The Morgan fingerprint density at radius 1 is 1.24 bits per heavy atom. The van der Waals surface area contributed by atoms with Crippen LogP contribution in [0.2, 0.25) is 0 Å². The molecule has 1 unspecified atom stereocenters. The van der Waals surface area contributed by atoms with E-state index in [0.29, 0.717) is 6.42 Å². The second-order valence-corrected chi connectivity index (χ2v) is 4.39. The van der Waals surface area contributed by atoms with Gasteiger partial charge in [0.15, 0.2) is 0 Å². The van der Waals surface area contributed by atoms with Crippen molar-refractivity contribution in [1.82, 2.24) is 15.5 Å². The van der Waals surface area contributed by atoms with Crippen LogP contribution in [0, 0.1) is 0 Å². The normalized spacial score (nSPS) is 12.8. The van der Waals surface area contributed by atoms with Gasteiger partial charge in [-0.15, -0.1) is 0 Å². The van der Waals surface area contributed by atoms with Crippen LogP contribution in [0.25, 0.3) is 0 Å². The van der Waals surface area contributed by atoms with E-state index in [9.17, 15) is 4.79 Å². The van der Waals surface area contributed by atoms with Gasteiger partial charge in [0.2, 0.25) is 5.91 Å². The molecule has 0 heterocycles. The molecule has 0 bridgehead atoms. The molecule has 0 rings (SSSR count). The van der Waals surface area contributed by atoms with Crippen LogP contribution in [0.3, 0.4) is 0 Å². The molecule has 0 fully saturated rings. The van der Waals surface area contributed by atoms with Crippen LogP contribution >= 0.6 is 0 Å². The molecule has 1 atom stereocenters. The molecule has 0 aromatic rings. The van der Waals surface area contributed by atoms with Crippen LogP contribution in [-0.2, 0) is 4.79 Å². The Kier molecular flexibility index (Phi) is 10.2. The van der Waals surface area contributed by atoms with Crippen LogP contribution in [0.15, 0.2) is 0 Å². The Labute approximate surface area is 106 Å². The first kappa shape index (κ1) is 16.4. The lowest BCUT2D eigenvalue weighted by Gasteiger charge is -2.18. The molecule has 102 valence electrons. The SMILES string of the molecule is CCNC(C)CC(=O)NCCCN(CC)CC. The van der Waals surface area contributed by atoms with Gasteiger partial charge in [-0.2, -0.15) is 0 Å². The highest BCUT2D eigenvalue weighted by Crippen LogP contribution is 1.92. The molecule has 0 aromatic carbocycles. The molecular formula is C13H29N3O. The lowest BCUT2D eigenvalue weighted by molar-refractivity contribution is -0.121. The van der Waals surface area contributed by atoms with Gasteiger partial charge in [0, 0.05) is 19.0 Å². The minimum Gasteiger partial charge on any atom is -0.356 e. The zero-order valence-electron chi connectivity index (χ0n) is 11.9. The lowest BCUT2D eigenvalue weighted by Crippen LogP contribution is -2.35. The maximum atomic E-state index is 11.5. The monoisotopic (exact) mass is 243 g/mol. The maximum Gasteiger partial charge on any atom is 0.221 e. The molecule has 2 N–H and O–H groups in total. The van der Waals surface area contributed by atoms with Gasteiger partial charge in [-0.05, 0) is 39.5 Å². The molecule has 0 aliphatic carbocycles. The summed E-state index contributed by atoms with van der Waals surface area (Å²) in [4.78, 5) is 13.9. The van der Waals surface area contributed by atoms with Crippen molar-refractivity contribution in [2.45, 2.75) is 46.6 Å². The summed E-state index contributed by atoms with van der Waals surface area (Å²) in [5.74, 6) is 0.151. The van der Waals surface area contributed by atoms with E-state index in [1.807, 2.05) is 6.92 Å². The Balaban J connectivity index is 3.51. The molecule has 17 heavy (non-hydrogen) atoms. The van der Waals surface area contributed by atoms with E-state index in [4.69, 9.17) is 0 Å². The standard InChI is InChI=1S/C13H29N3O/c1-5-14-12(4)11-13(17)15-9-8-10-16(6-2)7-3/h12,14H,5-11H2,1-4H3,(H,15,17). The number of nitrogens with zero attached hydrogens (tertiary/aromatic N) is 1. The second kappa shape index (κ2) is 10.5. The van der Waals surface area contributed by atoms with Gasteiger partial charge in [0.25, 0.3) is 0 Å². The summed E-state index contributed by atoms with van der Waals surface area (Å²) in [6.07, 6.45) is 1.60. The molecule has 0 aliphatic rings. The Bertz CT molecular complexity index is 193. The van der Waals surface area contributed by atoms with Gasteiger partial charge < -0.3 is 15.5 Å². The van der Waals surface area contributed by atoms with Gasteiger partial charge in [-0.25, -0.2) is 0 Å². The smallest absolute Gasteiger partial charge is 0.221 e. The molecule has 0 aliphatic heterocycles. The number of hydrogen-bond acceptors (Lipinski definition) is 3. The molecule has 0 spiro atoms. The topological polar surface area (TPSA) is 44.4 Å². The number of carbonyl (C=O) groups is 1. The van der Waals surface area contributed by atoms with Crippen LogP contribution in [-0.4, -0.2) is 49.6 Å². The molecule has 0 saturated heterocycles. The number of nitrogens with one attached hydrogen (secondary N) is 2. The molecule has 0 radical (unpaired) electrons. The van der Waals surface area contributed by atoms with Crippen LogP contribution in [0.5, 0.6) is 0 Å². The second-order valence-electron chi connectivity index (χ2n) is 4.39. The zero-order valence-corrected chi connectivity index (χ0v) is 11.9. The molecule has 4 heteroatoms. The van der Waals surface area contributed by atoms with Crippen molar-refractivity contribution in [2.75, 3.05) is 32.7 Å². The van der Waals surface area contributed by atoms with E-state index in [1.54, 1.807) is 0 Å². The molecule has 1 amide bonds. The summed E-state index contributed by atoms with van der Waals surface area (Å²) >= 11 is 0. The van der Waals surface area contributed by atoms with Crippen molar-refractivity contribution >= 4 is 5.91 Å². The number of hydrogen-bond donors (Lipinski definition) is 2. The average molecular weight is 243 g/mol. The quantitative estimate of drug-likeness (QED) is 0.567. The Morgan fingerprint density at radius 3 is 2.41 bits per heavy atom. The average Bonchev–Trinajstić information content (AvgIpc) is 2.29. The van der Waals surface area contributed by atoms with E-state index >= 15 is 0 Å². The highest BCUT2D eigenvalue weighted by atomic mass is 16.1. The van der Waals surface area contributed by atoms with Crippen molar-refractivity contribution in [2.24, 2.45) is 0 Å². The summed E-state index contributed by atoms with van der Waals surface area (Å²) in [6.45, 7) is 13.4. The summed E-state index contributed by atoms with van der Waals surface area (Å²) in [6, 6.07) is 0.266. The van der Waals surface area contributed by atoms with E-state index in [2.05, 4.69) is 36.3 Å². The first-order valence-corrected chi connectivity index (χ1v) is 6.86.